The van der Waals surface area contributed by atoms with Gasteiger partial charge in [0.1, 0.15) is 0 Å². The summed E-state index contributed by atoms with van der Waals surface area (Å²) in [5.41, 5.74) is 16.4. The molecule has 0 fully saturated rings. The summed E-state index contributed by atoms with van der Waals surface area (Å²) in [6, 6.07) is 0. The zero-order valence-corrected chi connectivity index (χ0v) is 9.54. The second kappa shape index (κ2) is 11.4. The molecule has 0 amide bonds. The Morgan fingerprint density at radius 2 is 1.67 bits per heavy atom. The Labute approximate surface area is 92.5 Å². The van der Waals surface area contributed by atoms with Crippen LogP contribution in [0.2, 0.25) is 0 Å². The van der Waals surface area contributed by atoms with Crippen LogP contribution in [0.25, 0.3) is 0 Å². The van der Waals surface area contributed by atoms with E-state index in [1.165, 1.54) is 0 Å². The molecule has 0 atom stereocenters. The highest BCUT2D eigenvalue weighted by Gasteiger charge is 1.93. The Hall–Kier alpha value is -0.650. The minimum Gasteiger partial charge on any atom is -0.387 e. The first-order chi connectivity index (χ1) is 7.31. The largest absolute Gasteiger partial charge is 0.387 e. The van der Waals surface area contributed by atoms with Gasteiger partial charge in [0, 0.05) is 13.0 Å². The van der Waals surface area contributed by atoms with Crippen molar-refractivity contribution < 1.29 is 0 Å². The summed E-state index contributed by atoms with van der Waals surface area (Å²) in [4.78, 5) is 4.21. The molecule has 0 aliphatic heterocycles. The van der Waals surface area contributed by atoms with Crippen LogP contribution >= 0.6 is 0 Å². The lowest BCUT2D eigenvalue weighted by molar-refractivity contribution is 0.634. The summed E-state index contributed by atoms with van der Waals surface area (Å²) < 4.78 is 0. The van der Waals surface area contributed by atoms with Crippen molar-refractivity contribution in [2.45, 2.75) is 25.7 Å². The molecule has 0 bridgehead atoms. The second-order valence-corrected chi connectivity index (χ2v) is 3.51. The standard InChI is InChI=1S/C10H25N5/c11-5-2-8-14-7-1-4-10(13)15-9-3-6-12/h14H,1-9,11-12H2,(H2,13,15). The third-order valence-electron chi connectivity index (χ3n) is 2.02. The minimum absolute atomic E-state index is 0.678. The molecule has 0 rings (SSSR count). The number of nitrogens with two attached hydrogens (primary N) is 3. The van der Waals surface area contributed by atoms with E-state index in [0.29, 0.717) is 6.54 Å². The number of amidine groups is 1. The normalized spacial score (nSPS) is 12.0. The molecule has 0 unspecified atom stereocenters. The molecule has 0 spiro atoms. The van der Waals surface area contributed by atoms with Crippen LogP contribution in [0, 0.1) is 0 Å². The van der Waals surface area contributed by atoms with Gasteiger partial charge in [-0.3, -0.25) is 4.99 Å². The fourth-order valence-corrected chi connectivity index (χ4v) is 1.14. The van der Waals surface area contributed by atoms with E-state index in [1.54, 1.807) is 0 Å². The van der Waals surface area contributed by atoms with Gasteiger partial charge in [-0.05, 0) is 45.4 Å². The van der Waals surface area contributed by atoms with E-state index in [0.717, 1.165) is 57.7 Å². The van der Waals surface area contributed by atoms with Crippen LogP contribution in [-0.4, -0.2) is 38.6 Å². The molecule has 0 aromatic heterocycles. The van der Waals surface area contributed by atoms with Crippen molar-refractivity contribution >= 4 is 5.84 Å². The van der Waals surface area contributed by atoms with Gasteiger partial charge in [-0.25, -0.2) is 0 Å². The summed E-state index contributed by atoms with van der Waals surface area (Å²) in [7, 11) is 0. The molecule has 90 valence electrons. The van der Waals surface area contributed by atoms with Gasteiger partial charge in [0.15, 0.2) is 0 Å². The zero-order chi connectivity index (χ0) is 11.4. The molecule has 0 aromatic carbocycles. The van der Waals surface area contributed by atoms with Gasteiger partial charge in [-0.1, -0.05) is 0 Å². The maximum absolute atomic E-state index is 5.72. The maximum Gasteiger partial charge on any atom is 0.0937 e. The molecule has 15 heavy (non-hydrogen) atoms. The van der Waals surface area contributed by atoms with Crippen LogP contribution in [0.1, 0.15) is 25.7 Å². The van der Waals surface area contributed by atoms with Crippen LogP contribution in [0.5, 0.6) is 0 Å². The molecule has 7 N–H and O–H groups in total. The first kappa shape index (κ1) is 14.3. The first-order valence-corrected chi connectivity index (χ1v) is 5.71. The average molecular weight is 215 g/mol. The number of aliphatic imine (C=N–C) groups is 1. The third-order valence-corrected chi connectivity index (χ3v) is 2.02. The topological polar surface area (TPSA) is 102 Å². The predicted molar refractivity (Wildman–Crippen MR) is 65.9 cm³/mol. The van der Waals surface area contributed by atoms with E-state index in [9.17, 15) is 0 Å². The van der Waals surface area contributed by atoms with Crippen molar-refractivity contribution in [3.8, 4) is 0 Å². The van der Waals surface area contributed by atoms with Crippen molar-refractivity contribution in [1.82, 2.24) is 5.32 Å². The van der Waals surface area contributed by atoms with Crippen LogP contribution in [0.3, 0.4) is 0 Å². The van der Waals surface area contributed by atoms with Crippen LogP contribution in [-0.2, 0) is 0 Å². The van der Waals surface area contributed by atoms with Gasteiger partial charge in [-0.15, -0.1) is 0 Å². The molecule has 0 heterocycles. The predicted octanol–water partition coefficient (Wildman–Crippen LogP) is -0.589. The van der Waals surface area contributed by atoms with Gasteiger partial charge < -0.3 is 22.5 Å². The van der Waals surface area contributed by atoms with E-state index in [4.69, 9.17) is 17.2 Å². The molecule has 0 aromatic rings. The molecular formula is C10H25N5. The molecule has 0 saturated carbocycles. The molecular weight excluding hydrogens is 190 g/mol. The highest BCUT2D eigenvalue weighted by atomic mass is 14.9. The number of hydrogen-bond acceptors (Lipinski definition) is 4. The lowest BCUT2D eigenvalue weighted by Gasteiger charge is -2.03. The fourth-order valence-electron chi connectivity index (χ4n) is 1.14. The van der Waals surface area contributed by atoms with Gasteiger partial charge in [0.25, 0.3) is 0 Å². The van der Waals surface area contributed by atoms with E-state index in [2.05, 4.69) is 10.3 Å². The van der Waals surface area contributed by atoms with Gasteiger partial charge in [-0.2, -0.15) is 0 Å². The number of nitrogens with one attached hydrogen (secondary N) is 1. The minimum atomic E-state index is 0.678. The van der Waals surface area contributed by atoms with Crippen molar-refractivity contribution in [1.29, 1.82) is 0 Å². The van der Waals surface area contributed by atoms with Crippen molar-refractivity contribution in [2.75, 3.05) is 32.7 Å². The number of hydrogen-bond donors (Lipinski definition) is 4. The monoisotopic (exact) mass is 215 g/mol. The smallest absolute Gasteiger partial charge is 0.0937 e. The van der Waals surface area contributed by atoms with E-state index in [1.807, 2.05) is 0 Å². The highest BCUT2D eigenvalue weighted by Crippen LogP contribution is 1.89. The van der Waals surface area contributed by atoms with Crippen molar-refractivity contribution in [2.24, 2.45) is 22.2 Å². The summed E-state index contributed by atoms with van der Waals surface area (Å²) in [5, 5.41) is 3.30. The Morgan fingerprint density at radius 3 is 2.33 bits per heavy atom. The summed E-state index contributed by atoms with van der Waals surface area (Å²) in [5.74, 6) is 0.740. The number of rotatable bonds is 10. The Morgan fingerprint density at radius 1 is 1.00 bits per heavy atom. The lowest BCUT2D eigenvalue weighted by Crippen LogP contribution is -2.21. The van der Waals surface area contributed by atoms with E-state index < -0.39 is 0 Å². The summed E-state index contributed by atoms with van der Waals surface area (Å²) in [6.07, 6.45) is 3.83. The highest BCUT2D eigenvalue weighted by molar-refractivity contribution is 5.80. The molecule has 0 saturated heterocycles. The van der Waals surface area contributed by atoms with Crippen LogP contribution in [0.4, 0.5) is 0 Å². The van der Waals surface area contributed by atoms with Crippen LogP contribution in [0.15, 0.2) is 4.99 Å². The maximum atomic E-state index is 5.72. The summed E-state index contributed by atoms with van der Waals surface area (Å²) >= 11 is 0. The zero-order valence-electron chi connectivity index (χ0n) is 9.54. The fraction of sp³-hybridized carbons (Fsp3) is 0.900. The Balaban J connectivity index is 3.22. The third kappa shape index (κ3) is 11.3. The molecule has 0 aliphatic rings. The van der Waals surface area contributed by atoms with E-state index >= 15 is 0 Å². The Kier molecular flexibility index (Phi) is 10.9. The van der Waals surface area contributed by atoms with Crippen molar-refractivity contribution in [3.05, 3.63) is 0 Å². The van der Waals surface area contributed by atoms with Gasteiger partial charge in [0.05, 0.1) is 5.84 Å². The van der Waals surface area contributed by atoms with E-state index in [-0.39, 0.29) is 0 Å². The quantitative estimate of drug-likeness (QED) is 0.222. The number of nitrogens with zero attached hydrogens (tertiary/aromatic N) is 1. The van der Waals surface area contributed by atoms with Crippen molar-refractivity contribution in [3.63, 3.8) is 0 Å². The van der Waals surface area contributed by atoms with Crippen LogP contribution < -0.4 is 22.5 Å². The molecule has 0 radical (unpaired) electrons. The molecule has 0 aliphatic carbocycles. The first-order valence-electron chi connectivity index (χ1n) is 5.71. The Bertz CT molecular complexity index is 158. The molecule has 5 heteroatoms. The van der Waals surface area contributed by atoms with Gasteiger partial charge >= 0.3 is 0 Å². The lowest BCUT2D eigenvalue weighted by atomic mass is 10.3. The SMILES string of the molecule is NCCCN=C(N)CCCNCCCN. The second-order valence-electron chi connectivity index (χ2n) is 3.51. The average Bonchev–Trinajstić information content (AvgIpc) is 2.23. The van der Waals surface area contributed by atoms with Gasteiger partial charge in [0.2, 0.25) is 0 Å². The molecule has 5 nitrogen and oxygen atoms in total. The summed E-state index contributed by atoms with van der Waals surface area (Å²) in [6.45, 7) is 4.14.